The normalized spacial score (nSPS) is 12.6. The van der Waals surface area contributed by atoms with E-state index >= 15 is 0 Å². The fourth-order valence-corrected chi connectivity index (χ4v) is 8.41. The zero-order chi connectivity index (χ0) is 50.7. The molecule has 0 saturated carbocycles. The van der Waals surface area contributed by atoms with Crippen LogP contribution >= 0.6 is 0 Å². The second-order valence-electron chi connectivity index (χ2n) is 19.9. The van der Waals surface area contributed by atoms with Gasteiger partial charge in [0.1, 0.15) is 13.2 Å². The van der Waals surface area contributed by atoms with Crippen molar-refractivity contribution in [3.05, 3.63) is 72.9 Å². The van der Waals surface area contributed by atoms with Crippen molar-refractivity contribution in [2.75, 3.05) is 13.2 Å². The fourth-order valence-electron chi connectivity index (χ4n) is 8.41. The van der Waals surface area contributed by atoms with Gasteiger partial charge in [0.05, 0.1) is 0 Å². The predicted octanol–water partition coefficient (Wildman–Crippen LogP) is 20.2. The zero-order valence-electron chi connectivity index (χ0n) is 46.3. The minimum atomic E-state index is -0.805. The average Bonchev–Trinajstić information content (AvgIpc) is 3.36. The van der Waals surface area contributed by atoms with E-state index in [1.165, 1.54) is 180 Å². The van der Waals surface area contributed by atoms with Gasteiger partial charge in [0.2, 0.25) is 0 Å². The molecule has 0 heterocycles. The molecule has 0 fully saturated rings. The fraction of sp³-hybridized carbons (Fsp3) is 0.766. The molecule has 1 atom stereocenters. The van der Waals surface area contributed by atoms with Crippen molar-refractivity contribution in [3.63, 3.8) is 0 Å². The summed E-state index contributed by atoms with van der Waals surface area (Å²) in [5, 5.41) is 0. The summed E-state index contributed by atoms with van der Waals surface area (Å²) in [6, 6.07) is 0. The Morgan fingerprint density at radius 3 is 0.871 bits per heavy atom. The molecule has 0 unspecified atom stereocenters. The van der Waals surface area contributed by atoms with Crippen LogP contribution < -0.4 is 0 Å². The van der Waals surface area contributed by atoms with Gasteiger partial charge in [0.25, 0.3) is 0 Å². The van der Waals surface area contributed by atoms with E-state index in [0.29, 0.717) is 19.3 Å². The van der Waals surface area contributed by atoms with Gasteiger partial charge in [-0.05, 0) is 89.9 Å². The summed E-state index contributed by atoms with van der Waals surface area (Å²) < 4.78 is 16.8. The molecule has 6 heteroatoms. The Hall–Kier alpha value is -3.15. The van der Waals surface area contributed by atoms with Crippen molar-refractivity contribution in [2.24, 2.45) is 0 Å². The molecule has 0 aromatic rings. The predicted molar refractivity (Wildman–Crippen MR) is 302 cm³/mol. The summed E-state index contributed by atoms with van der Waals surface area (Å²) in [5.74, 6) is -0.945. The summed E-state index contributed by atoms with van der Waals surface area (Å²) in [4.78, 5) is 38.2. The number of hydrogen-bond donors (Lipinski definition) is 0. The molecular weight excluding hydrogens is 865 g/mol. The maximum Gasteiger partial charge on any atom is 0.306 e. The molecule has 0 amide bonds. The maximum atomic E-state index is 12.8. The Morgan fingerprint density at radius 1 is 0.286 bits per heavy atom. The first-order valence-corrected chi connectivity index (χ1v) is 29.9. The van der Waals surface area contributed by atoms with Crippen LogP contribution in [0.15, 0.2) is 72.9 Å². The Kier molecular flexibility index (Phi) is 55.8. The number of carbonyl (C=O) groups excluding carboxylic acids is 3. The molecule has 0 aliphatic rings. The summed E-state index contributed by atoms with van der Waals surface area (Å²) in [5.41, 5.74) is 0. The largest absolute Gasteiger partial charge is 0.462 e. The second kappa shape index (κ2) is 58.4. The highest BCUT2D eigenvalue weighted by Crippen LogP contribution is 2.16. The molecule has 0 aromatic heterocycles. The molecule has 0 aromatic carbocycles. The van der Waals surface area contributed by atoms with Gasteiger partial charge >= 0.3 is 17.9 Å². The third-order valence-corrected chi connectivity index (χ3v) is 12.9. The molecule has 0 N–H and O–H groups in total. The number of hydrogen-bond acceptors (Lipinski definition) is 6. The smallest absolute Gasteiger partial charge is 0.306 e. The van der Waals surface area contributed by atoms with Crippen molar-refractivity contribution < 1.29 is 28.6 Å². The Morgan fingerprint density at radius 2 is 0.529 bits per heavy atom. The van der Waals surface area contributed by atoms with Gasteiger partial charge in [0, 0.05) is 19.3 Å². The molecule has 0 spiro atoms. The molecule has 0 saturated heterocycles. The van der Waals surface area contributed by atoms with E-state index < -0.39 is 6.10 Å². The molecule has 70 heavy (non-hydrogen) atoms. The standard InChI is InChI=1S/C64H112O6/c1-4-7-10-13-16-19-22-25-28-31-32-34-36-39-42-45-48-51-54-57-63(66)69-60-61(59-68-62(65)56-53-50-47-44-41-38-35-30-27-24-21-18-15-12-9-6-3)70-64(67)58-55-52-49-46-43-40-37-33-29-26-23-20-17-14-11-8-5-2/h16-17,19-20,25-26,28-29,37,40,46,49,61H,4-15,18,21-24,27,30-36,38-39,41-45,47-48,50-60H2,1-3H3/b19-16+,20-17+,28-25+,29-26+,40-37+,49-46+/t61-/m1/s1. The van der Waals surface area contributed by atoms with Crippen molar-refractivity contribution >= 4 is 17.9 Å². The molecule has 0 aliphatic carbocycles. The first-order chi connectivity index (χ1) is 34.5. The first-order valence-electron chi connectivity index (χ1n) is 29.9. The molecule has 0 radical (unpaired) electrons. The molecule has 0 aliphatic heterocycles. The van der Waals surface area contributed by atoms with Crippen molar-refractivity contribution in [1.82, 2.24) is 0 Å². The number of esters is 3. The third kappa shape index (κ3) is 55.8. The van der Waals surface area contributed by atoms with Gasteiger partial charge in [-0.3, -0.25) is 14.4 Å². The van der Waals surface area contributed by atoms with Crippen LogP contribution in [-0.2, 0) is 28.6 Å². The van der Waals surface area contributed by atoms with Crippen molar-refractivity contribution in [2.45, 2.75) is 303 Å². The van der Waals surface area contributed by atoms with Gasteiger partial charge in [-0.15, -0.1) is 0 Å². The van der Waals surface area contributed by atoms with Crippen LogP contribution in [0.3, 0.4) is 0 Å². The van der Waals surface area contributed by atoms with Crippen molar-refractivity contribution in [3.8, 4) is 0 Å². The minimum Gasteiger partial charge on any atom is -0.462 e. The number of allylic oxidation sites excluding steroid dienone is 12. The van der Waals surface area contributed by atoms with Crippen LogP contribution in [0.25, 0.3) is 0 Å². The van der Waals surface area contributed by atoms with Crippen LogP contribution in [0.2, 0.25) is 0 Å². The Balaban J connectivity index is 4.44. The average molecular weight is 978 g/mol. The maximum absolute atomic E-state index is 12.8. The number of unbranched alkanes of at least 4 members (excludes halogenated alkanes) is 31. The number of carbonyl (C=O) groups is 3. The highest BCUT2D eigenvalue weighted by molar-refractivity contribution is 5.71. The lowest BCUT2D eigenvalue weighted by Gasteiger charge is -2.18. The van der Waals surface area contributed by atoms with Crippen LogP contribution in [-0.4, -0.2) is 37.2 Å². The monoisotopic (exact) mass is 977 g/mol. The van der Waals surface area contributed by atoms with Gasteiger partial charge in [-0.25, -0.2) is 0 Å². The lowest BCUT2D eigenvalue weighted by atomic mass is 10.0. The van der Waals surface area contributed by atoms with E-state index in [2.05, 4.69) is 93.7 Å². The van der Waals surface area contributed by atoms with E-state index in [-0.39, 0.29) is 37.5 Å². The highest BCUT2D eigenvalue weighted by atomic mass is 16.6. The Labute approximate surface area is 433 Å². The van der Waals surface area contributed by atoms with E-state index in [0.717, 1.165) is 70.6 Å². The minimum absolute atomic E-state index is 0.0958. The topological polar surface area (TPSA) is 78.9 Å². The van der Waals surface area contributed by atoms with Gasteiger partial charge in [-0.1, -0.05) is 261 Å². The van der Waals surface area contributed by atoms with Crippen LogP contribution in [0.4, 0.5) is 0 Å². The summed E-state index contributed by atoms with van der Waals surface area (Å²) in [6.45, 7) is 6.57. The van der Waals surface area contributed by atoms with Crippen LogP contribution in [0, 0.1) is 0 Å². The van der Waals surface area contributed by atoms with Crippen molar-refractivity contribution in [1.29, 1.82) is 0 Å². The molecule has 404 valence electrons. The van der Waals surface area contributed by atoms with E-state index in [1.807, 2.05) is 0 Å². The SMILES string of the molecule is CCCCC/C=C/C/C=C/C/C=C/C/C=C/CCCC(=O)O[C@@H](COC(=O)CCCCCCCCCCC/C=C/C/C=C/CCCCC)COC(=O)CCCCCCCCCCCCCCCCCC. The molecule has 0 bridgehead atoms. The second-order valence-corrected chi connectivity index (χ2v) is 19.9. The van der Waals surface area contributed by atoms with Gasteiger partial charge < -0.3 is 14.2 Å². The number of ether oxygens (including phenoxy) is 3. The first kappa shape index (κ1) is 66.9. The van der Waals surface area contributed by atoms with Gasteiger partial charge in [-0.2, -0.15) is 0 Å². The summed E-state index contributed by atoms with van der Waals surface area (Å²) in [7, 11) is 0. The van der Waals surface area contributed by atoms with E-state index in [1.54, 1.807) is 0 Å². The highest BCUT2D eigenvalue weighted by Gasteiger charge is 2.19. The number of rotatable bonds is 54. The van der Waals surface area contributed by atoms with Crippen LogP contribution in [0.1, 0.15) is 297 Å². The molecular formula is C64H112O6. The van der Waals surface area contributed by atoms with E-state index in [4.69, 9.17) is 14.2 Å². The molecule has 0 rings (SSSR count). The summed E-state index contributed by atoms with van der Waals surface area (Å²) >= 11 is 0. The summed E-state index contributed by atoms with van der Waals surface area (Å²) in [6.07, 6.45) is 74.7. The van der Waals surface area contributed by atoms with Gasteiger partial charge in [0.15, 0.2) is 6.10 Å². The van der Waals surface area contributed by atoms with Crippen LogP contribution in [0.5, 0.6) is 0 Å². The lowest BCUT2D eigenvalue weighted by molar-refractivity contribution is -0.167. The van der Waals surface area contributed by atoms with E-state index in [9.17, 15) is 14.4 Å². The lowest BCUT2D eigenvalue weighted by Crippen LogP contribution is -2.30. The Bertz CT molecular complexity index is 1310. The molecule has 6 nitrogen and oxygen atoms in total. The zero-order valence-corrected chi connectivity index (χ0v) is 46.3. The quantitative estimate of drug-likeness (QED) is 0.0261. The third-order valence-electron chi connectivity index (χ3n) is 12.9.